The molecule has 13 nitrogen and oxygen atoms in total. The van der Waals surface area contributed by atoms with E-state index in [1.165, 1.54) is 13.2 Å². The van der Waals surface area contributed by atoms with Crippen LogP contribution in [0.1, 0.15) is 13.3 Å². The van der Waals surface area contributed by atoms with E-state index in [9.17, 15) is 14.0 Å². The normalized spacial score (nSPS) is 18.5. The number of hydrogen-bond acceptors (Lipinski definition) is 10. The van der Waals surface area contributed by atoms with Crippen molar-refractivity contribution in [3.63, 3.8) is 0 Å². The van der Waals surface area contributed by atoms with Crippen molar-refractivity contribution in [2.45, 2.75) is 18.9 Å². The second-order valence-corrected chi connectivity index (χ2v) is 12.8. The summed E-state index contributed by atoms with van der Waals surface area (Å²) in [6, 6.07) is 14.1. The van der Waals surface area contributed by atoms with Gasteiger partial charge in [0.05, 0.1) is 29.8 Å². The van der Waals surface area contributed by atoms with E-state index in [-0.39, 0.29) is 38.1 Å². The SMILES string of the molecule is C=c1c(-c2ccc(OCCO)cc2)n[nH]/c1=C/C=C(\C)NC(=O)[C@]1(OC)CCN(CC(=O)N2CCN(c3ccc(-c4ncccn4)c(F)c3)CC2)C1. The largest absolute Gasteiger partial charge is 0.491 e. The van der Waals surface area contributed by atoms with Gasteiger partial charge in [0.25, 0.3) is 5.91 Å². The summed E-state index contributed by atoms with van der Waals surface area (Å²) < 4.78 is 26.1. The predicted octanol–water partition coefficient (Wildman–Crippen LogP) is 1.69. The number of piperazine rings is 1. The summed E-state index contributed by atoms with van der Waals surface area (Å²) in [6.07, 6.45) is 7.18. The number of amides is 2. The van der Waals surface area contributed by atoms with Gasteiger partial charge in [-0.15, -0.1) is 0 Å². The van der Waals surface area contributed by atoms with Gasteiger partial charge in [0.15, 0.2) is 11.4 Å². The van der Waals surface area contributed by atoms with Crippen molar-refractivity contribution in [2.75, 3.05) is 71.0 Å². The first kappa shape index (κ1) is 36.4. The van der Waals surface area contributed by atoms with Crippen LogP contribution >= 0.6 is 0 Å². The number of aromatic amines is 1. The molecule has 0 spiro atoms. The van der Waals surface area contributed by atoms with Crippen LogP contribution in [0.5, 0.6) is 5.75 Å². The van der Waals surface area contributed by atoms with E-state index in [1.807, 2.05) is 40.1 Å². The summed E-state index contributed by atoms with van der Waals surface area (Å²) >= 11 is 0. The third kappa shape index (κ3) is 8.20. The number of rotatable bonds is 12. The minimum Gasteiger partial charge on any atom is -0.491 e. The fourth-order valence-corrected chi connectivity index (χ4v) is 6.43. The Morgan fingerprint density at radius 1 is 1.10 bits per heavy atom. The van der Waals surface area contributed by atoms with E-state index in [4.69, 9.17) is 14.6 Å². The monoisotopic (exact) mass is 710 g/mol. The molecule has 2 aliphatic rings. The number of aliphatic hydroxyl groups excluding tert-OH is 1. The molecule has 52 heavy (non-hydrogen) atoms. The number of allylic oxidation sites excluding steroid dienone is 2. The lowest BCUT2D eigenvalue weighted by Gasteiger charge is -2.37. The lowest BCUT2D eigenvalue weighted by atomic mass is 10.0. The average Bonchev–Trinajstić information content (AvgIpc) is 3.77. The standard InChI is InChI=1S/C38H43FN8O5/c1-26(5-12-33-27(2)35(44-43-33)28-6-9-30(10-7-28)52-22-21-48)42-37(50)38(51-3)13-16-45(25-38)24-34(49)47-19-17-46(18-20-47)29-8-11-31(32(39)23-29)36-40-14-4-15-41-36/h4-12,14-15,23,43,48H,2,13,16-22,24-25H2,1,3H3,(H,42,50)/b26-5+,33-12+/t38-/m0/s1. The Bertz CT molecular complexity index is 2010. The molecular formula is C38H43FN8O5. The smallest absolute Gasteiger partial charge is 0.257 e. The number of aliphatic hydroxyl groups is 1. The number of halogens is 1. The van der Waals surface area contributed by atoms with Gasteiger partial charge in [0.2, 0.25) is 5.91 Å². The van der Waals surface area contributed by atoms with E-state index in [0.717, 1.165) is 11.3 Å². The minimum atomic E-state index is -1.10. The number of aromatic nitrogens is 4. The van der Waals surface area contributed by atoms with E-state index in [0.29, 0.717) is 78.2 Å². The molecule has 2 aromatic carbocycles. The molecule has 2 saturated heterocycles. The number of benzene rings is 2. The summed E-state index contributed by atoms with van der Waals surface area (Å²) in [7, 11) is 1.52. The Balaban J connectivity index is 1.00. The molecule has 1 atom stereocenters. The Morgan fingerprint density at radius 2 is 1.85 bits per heavy atom. The molecule has 4 aromatic rings. The van der Waals surface area contributed by atoms with Gasteiger partial charge < -0.3 is 29.7 Å². The van der Waals surface area contributed by atoms with Crippen LogP contribution in [-0.2, 0) is 14.3 Å². The minimum absolute atomic E-state index is 0.0192. The van der Waals surface area contributed by atoms with Gasteiger partial charge in [-0.25, -0.2) is 14.4 Å². The highest BCUT2D eigenvalue weighted by molar-refractivity contribution is 5.88. The fourth-order valence-electron chi connectivity index (χ4n) is 6.43. The molecular weight excluding hydrogens is 667 g/mol. The van der Waals surface area contributed by atoms with Crippen LogP contribution in [0.3, 0.4) is 0 Å². The van der Waals surface area contributed by atoms with Gasteiger partial charge in [0, 0.05) is 80.9 Å². The van der Waals surface area contributed by atoms with Crippen LogP contribution in [0, 0.1) is 5.82 Å². The van der Waals surface area contributed by atoms with Crippen molar-refractivity contribution < 1.29 is 28.6 Å². The molecule has 14 heteroatoms. The van der Waals surface area contributed by atoms with Gasteiger partial charge in [-0.05, 0) is 74.0 Å². The van der Waals surface area contributed by atoms with E-state index < -0.39 is 11.4 Å². The van der Waals surface area contributed by atoms with Crippen LogP contribution < -0.4 is 25.5 Å². The maximum Gasteiger partial charge on any atom is 0.257 e. The number of carbonyl (C=O) groups excluding carboxylic acids is 2. The zero-order valence-corrected chi connectivity index (χ0v) is 29.3. The predicted molar refractivity (Wildman–Crippen MR) is 195 cm³/mol. The summed E-state index contributed by atoms with van der Waals surface area (Å²) in [5.41, 5.74) is 2.15. The highest BCUT2D eigenvalue weighted by Gasteiger charge is 2.45. The molecule has 6 rings (SSSR count). The highest BCUT2D eigenvalue weighted by atomic mass is 19.1. The zero-order chi connectivity index (χ0) is 36.7. The van der Waals surface area contributed by atoms with Crippen molar-refractivity contribution in [2.24, 2.45) is 0 Å². The van der Waals surface area contributed by atoms with Crippen molar-refractivity contribution in [3.8, 4) is 28.4 Å². The van der Waals surface area contributed by atoms with Crippen LogP contribution in [0.25, 0.3) is 35.3 Å². The molecule has 272 valence electrons. The van der Waals surface area contributed by atoms with Gasteiger partial charge >= 0.3 is 0 Å². The molecule has 4 heterocycles. The lowest BCUT2D eigenvalue weighted by molar-refractivity contribution is -0.142. The summed E-state index contributed by atoms with van der Waals surface area (Å²) in [5, 5.41) is 20.7. The number of H-pyrrole nitrogens is 1. The zero-order valence-electron chi connectivity index (χ0n) is 29.3. The van der Waals surface area contributed by atoms with Crippen molar-refractivity contribution in [1.29, 1.82) is 0 Å². The topological polar surface area (TPSA) is 149 Å². The second-order valence-electron chi connectivity index (χ2n) is 12.8. The third-order valence-electron chi connectivity index (χ3n) is 9.43. The van der Waals surface area contributed by atoms with Crippen LogP contribution in [-0.4, -0.2) is 119 Å². The van der Waals surface area contributed by atoms with Crippen molar-refractivity contribution in [3.05, 3.63) is 89.1 Å². The molecule has 0 aliphatic carbocycles. The Kier molecular flexibility index (Phi) is 11.4. The number of methoxy groups -OCH3 is 1. The van der Waals surface area contributed by atoms with E-state index >= 15 is 0 Å². The lowest BCUT2D eigenvalue weighted by Crippen LogP contribution is -2.52. The summed E-state index contributed by atoms with van der Waals surface area (Å²) in [4.78, 5) is 40.9. The number of anilines is 1. The molecule has 0 radical (unpaired) electrons. The fraction of sp³-hybridized carbons (Fsp3) is 0.342. The quantitative estimate of drug-likeness (QED) is 0.199. The average molecular weight is 711 g/mol. The number of likely N-dealkylation sites (tertiary alicyclic amines) is 1. The van der Waals surface area contributed by atoms with Gasteiger partial charge in [-0.1, -0.05) is 6.58 Å². The van der Waals surface area contributed by atoms with Crippen LogP contribution in [0.2, 0.25) is 0 Å². The van der Waals surface area contributed by atoms with E-state index in [2.05, 4.69) is 37.0 Å². The molecule has 2 amide bonds. The number of nitrogens with one attached hydrogen (secondary N) is 2. The number of hydrogen-bond donors (Lipinski definition) is 3. The molecule has 2 fully saturated rings. The maximum atomic E-state index is 14.9. The van der Waals surface area contributed by atoms with Crippen molar-refractivity contribution in [1.82, 2.24) is 35.3 Å². The second kappa shape index (κ2) is 16.3. The van der Waals surface area contributed by atoms with Gasteiger partial charge in [0.1, 0.15) is 18.2 Å². The number of ether oxygens (including phenoxy) is 2. The molecule has 3 N–H and O–H groups in total. The Hall–Kier alpha value is -5.44. The first-order valence-electron chi connectivity index (χ1n) is 17.1. The Labute approximate surface area is 301 Å². The van der Waals surface area contributed by atoms with E-state index in [1.54, 1.807) is 43.6 Å². The first-order valence-corrected chi connectivity index (χ1v) is 17.1. The molecule has 0 bridgehead atoms. The number of nitrogens with zero attached hydrogens (tertiary/aromatic N) is 6. The number of carbonyl (C=O) groups is 2. The summed E-state index contributed by atoms with van der Waals surface area (Å²) in [6.45, 7) is 9.28. The molecule has 2 aromatic heterocycles. The van der Waals surface area contributed by atoms with Crippen LogP contribution in [0.4, 0.5) is 10.1 Å². The Morgan fingerprint density at radius 3 is 2.54 bits per heavy atom. The van der Waals surface area contributed by atoms with Gasteiger partial charge in [-0.3, -0.25) is 19.6 Å². The summed E-state index contributed by atoms with van der Waals surface area (Å²) in [5.74, 6) is 0.299. The van der Waals surface area contributed by atoms with Gasteiger partial charge in [-0.2, -0.15) is 5.10 Å². The molecule has 2 aliphatic heterocycles. The maximum absolute atomic E-state index is 14.9. The third-order valence-corrected chi connectivity index (χ3v) is 9.43. The molecule has 0 unspecified atom stereocenters. The molecule has 0 saturated carbocycles. The first-order chi connectivity index (χ1) is 25.2. The van der Waals surface area contributed by atoms with Crippen molar-refractivity contribution >= 4 is 30.2 Å². The van der Waals surface area contributed by atoms with Crippen LogP contribution in [0.15, 0.2) is 72.7 Å². The highest BCUT2D eigenvalue weighted by Crippen LogP contribution is 2.27.